The number of carbonyl (C=O) groups is 1. The van der Waals surface area contributed by atoms with Gasteiger partial charge in [-0.2, -0.15) is 0 Å². The normalized spacial score (nSPS) is 27.8. The van der Waals surface area contributed by atoms with Crippen molar-refractivity contribution in [3.05, 3.63) is 29.8 Å². The first-order chi connectivity index (χ1) is 10.3. The van der Waals surface area contributed by atoms with Gasteiger partial charge in [0.2, 0.25) is 0 Å². The molecule has 2 fully saturated rings. The van der Waals surface area contributed by atoms with Gasteiger partial charge in [-0.3, -0.25) is 4.79 Å². The average Bonchev–Trinajstić information content (AvgIpc) is 2.99. The number of hydrogen-bond acceptors (Lipinski definition) is 3. The molecule has 0 radical (unpaired) electrons. The van der Waals surface area contributed by atoms with Crippen LogP contribution in [0.25, 0.3) is 0 Å². The van der Waals surface area contributed by atoms with Crippen molar-refractivity contribution in [2.75, 3.05) is 13.1 Å². The molecule has 1 amide bonds. The fourth-order valence-electron chi connectivity index (χ4n) is 3.48. The Morgan fingerprint density at radius 2 is 2.05 bits per heavy atom. The molecule has 2 aliphatic rings. The highest BCUT2D eigenvalue weighted by Gasteiger charge is 2.42. The predicted molar refractivity (Wildman–Crippen MR) is 73.2 cm³/mol. The Balaban J connectivity index is 1.72. The number of halogens is 3. The Morgan fingerprint density at radius 3 is 2.73 bits per heavy atom. The molecule has 7 heteroatoms. The van der Waals surface area contributed by atoms with Crippen LogP contribution < -0.4 is 10.5 Å². The minimum atomic E-state index is -4.76. The minimum Gasteiger partial charge on any atom is -0.406 e. The number of hydrogen-bond donors (Lipinski definition) is 1. The van der Waals surface area contributed by atoms with Gasteiger partial charge in [0.1, 0.15) is 5.75 Å². The smallest absolute Gasteiger partial charge is 0.406 e. The standard InChI is InChI=1S/C15H17F3N2O2/c16-15(17,18)22-11-3-1-2-9(6-11)14(21)20-7-10-4-5-13(19)12(10)8-20/h1-3,6,10,12-13H,4-5,7-8,19H2. The van der Waals surface area contributed by atoms with Gasteiger partial charge < -0.3 is 15.4 Å². The maximum atomic E-state index is 12.5. The lowest BCUT2D eigenvalue weighted by atomic mass is 9.98. The molecule has 1 aromatic carbocycles. The number of likely N-dealkylation sites (tertiary alicyclic amines) is 1. The molecule has 1 aliphatic carbocycles. The van der Waals surface area contributed by atoms with E-state index >= 15 is 0 Å². The third-order valence-corrected chi connectivity index (χ3v) is 4.51. The number of carbonyl (C=O) groups excluding carboxylic acids is 1. The Labute approximate surface area is 126 Å². The van der Waals surface area contributed by atoms with E-state index in [0.717, 1.165) is 18.9 Å². The molecule has 0 bridgehead atoms. The van der Waals surface area contributed by atoms with Crippen molar-refractivity contribution in [3.63, 3.8) is 0 Å². The summed E-state index contributed by atoms with van der Waals surface area (Å²) in [6.45, 7) is 1.20. The monoisotopic (exact) mass is 314 g/mol. The van der Waals surface area contributed by atoms with E-state index in [9.17, 15) is 18.0 Å². The summed E-state index contributed by atoms with van der Waals surface area (Å²) in [6.07, 6.45) is -2.78. The second-order valence-corrected chi connectivity index (χ2v) is 5.95. The summed E-state index contributed by atoms with van der Waals surface area (Å²) in [5, 5.41) is 0. The molecular formula is C15H17F3N2O2. The molecule has 2 N–H and O–H groups in total. The highest BCUT2D eigenvalue weighted by Crippen LogP contribution is 2.37. The number of alkyl halides is 3. The summed E-state index contributed by atoms with van der Waals surface area (Å²) in [5.74, 6) is 0.0655. The molecule has 4 nitrogen and oxygen atoms in total. The van der Waals surface area contributed by atoms with Crippen LogP contribution in [0.5, 0.6) is 5.75 Å². The number of ether oxygens (including phenoxy) is 1. The SMILES string of the molecule is NC1CCC2CN(C(=O)c3cccc(OC(F)(F)F)c3)CC12. The third-order valence-electron chi connectivity index (χ3n) is 4.51. The quantitative estimate of drug-likeness (QED) is 0.912. The van der Waals surface area contributed by atoms with Crippen molar-refractivity contribution in [2.45, 2.75) is 25.2 Å². The first kappa shape index (κ1) is 15.1. The van der Waals surface area contributed by atoms with Gasteiger partial charge in [-0.25, -0.2) is 0 Å². The van der Waals surface area contributed by atoms with Crippen LogP contribution in [-0.2, 0) is 0 Å². The summed E-state index contributed by atoms with van der Waals surface area (Å²) in [4.78, 5) is 14.1. The second kappa shape index (κ2) is 5.46. The zero-order chi connectivity index (χ0) is 15.9. The molecule has 3 rings (SSSR count). The first-order valence-electron chi connectivity index (χ1n) is 7.24. The van der Waals surface area contributed by atoms with Crippen LogP contribution in [0.2, 0.25) is 0 Å². The fraction of sp³-hybridized carbons (Fsp3) is 0.533. The summed E-state index contributed by atoms with van der Waals surface area (Å²) in [5.41, 5.74) is 6.24. The molecule has 0 aromatic heterocycles. The molecule has 0 spiro atoms. The van der Waals surface area contributed by atoms with Gasteiger partial charge in [0.25, 0.3) is 5.91 Å². The van der Waals surface area contributed by atoms with Gasteiger partial charge in [0.15, 0.2) is 0 Å². The van der Waals surface area contributed by atoms with E-state index in [2.05, 4.69) is 4.74 Å². The Hall–Kier alpha value is -1.76. The van der Waals surface area contributed by atoms with Crippen LogP contribution in [0.15, 0.2) is 24.3 Å². The molecule has 1 aromatic rings. The lowest BCUT2D eigenvalue weighted by Gasteiger charge is -2.19. The van der Waals surface area contributed by atoms with Gasteiger partial charge in [0.05, 0.1) is 0 Å². The van der Waals surface area contributed by atoms with Crippen LogP contribution in [0.4, 0.5) is 13.2 Å². The van der Waals surface area contributed by atoms with Crippen molar-refractivity contribution in [2.24, 2.45) is 17.6 Å². The van der Waals surface area contributed by atoms with E-state index < -0.39 is 6.36 Å². The molecular weight excluding hydrogens is 297 g/mol. The van der Waals surface area contributed by atoms with Crippen LogP contribution >= 0.6 is 0 Å². The zero-order valence-corrected chi connectivity index (χ0v) is 11.8. The number of amides is 1. The predicted octanol–water partition coefficient (Wildman–Crippen LogP) is 2.39. The molecule has 1 aliphatic heterocycles. The molecule has 1 saturated carbocycles. The van der Waals surface area contributed by atoms with Crippen molar-refractivity contribution in [3.8, 4) is 5.75 Å². The zero-order valence-electron chi connectivity index (χ0n) is 11.8. The van der Waals surface area contributed by atoms with Gasteiger partial charge in [-0.15, -0.1) is 13.2 Å². The number of fused-ring (bicyclic) bond motifs is 1. The average molecular weight is 314 g/mol. The number of rotatable bonds is 2. The lowest BCUT2D eigenvalue weighted by molar-refractivity contribution is -0.274. The van der Waals surface area contributed by atoms with E-state index in [1.165, 1.54) is 18.2 Å². The summed E-state index contributed by atoms with van der Waals surface area (Å²) in [7, 11) is 0. The number of benzene rings is 1. The van der Waals surface area contributed by atoms with Crippen molar-refractivity contribution < 1.29 is 22.7 Å². The van der Waals surface area contributed by atoms with Crippen LogP contribution in [-0.4, -0.2) is 36.3 Å². The number of nitrogens with two attached hydrogens (primary N) is 1. The topological polar surface area (TPSA) is 55.6 Å². The number of nitrogens with zero attached hydrogens (tertiary/aromatic N) is 1. The molecule has 3 unspecified atom stereocenters. The molecule has 1 saturated heterocycles. The fourth-order valence-corrected chi connectivity index (χ4v) is 3.48. The van der Waals surface area contributed by atoms with E-state index in [4.69, 9.17) is 5.73 Å². The first-order valence-corrected chi connectivity index (χ1v) is 7.24. The molecule has 1 heterocycles. The van der Waals surface area contributed by atoms with Crippen molar-refractivity contribution in [1.29, 1.82) is 0 Å². The van der Waals surface area contributed by atoms with Crippen molar-refractivity contribution in [1.82, 2.24) is 4.90 Å². The summed E-state index contributed by atoms with van der Waals surface area (Å²) >= 11 is 0. The van der Waals surface area contributed by atoms with Crippen LogP contribution in [0.1, 0.15) is 23.2 Å². The maximum absolute atomic E-state index is 12.5. The summed E-state index contributed by atoms with van der Waals surface area (Å²) in [6, 6.07) is 5.31. The van der Waals surface area contributed by atoms with E-state index in [0.29, 0.717) is 24.9 Å². The molecule has 22 heavy (non-hydrogen) atoms. The van der Waals surface area contributed by atoms with Crippen molar-refractivity contribution >= 4 is 5.91 Å². The molecule has 3 atom stereocenters. The highest BCUT2D eigenvalue weighted by atomic mass is 19.4. The van der Waals surface area contributed by atoms with E-state index in [1.807, 2.05) is 0 Å². The largest absolute Gasteiger partial charge is 0.573 e. The van der Waals surface area contributed by atoms with E-state index in [-0.39, 0.29) is 23.3 Å². The Kier molecular flexibility index (Phi) is 3.76. The van der Waals surface area contributed by atoms with Gasteiger partial charge >= 0.3 is 6.36 Å². The second-order valence-electron chi connectivity index (χ2n) is 5.95. The third kappa shape index (κ3) is 3.04. The maximum Gasteiger partial charge on any atom is 0.573 e. The van der Waals surface area contributed by atoms with Crippen LogP contribution in [0, 0.1) is 11.8 Å². The van der Waals surface area contributed by atoms with Gasteiger partial charge in [-0.1, -0.05) is 6.07 Å². The summed E-state index contributed by atoms with van der Waals surface area (Å²) < 4.78 is 40.6. The van der Waals surface area contributed by atoms with Crippen LogP contribution in [0.3, 0.4) is 0 Å². The Morgan fingerprint density at radius 1 is 1.27 bits per heavy atom. The highest BCUT2D eigenvalue weighted by molar-refractivity contribution is 5.94. The van der Waals surface area contributed by atoms with Gasteiger partial charge in [0, 0.05) is 24.7 Å². The molecule has 120 valence electrons. The van der Waals surface area contributed by atoms with Gasteiger partial charge in [-0.05, 0) is 42.9 Å². The lowest BCUT2D eigenvalue weighted by Crippen LogP contribution is -2.33. The minimum absolute atomic E-state index is 0.114. The Bertz CT molecular complexity index is 576. The van der Waals surface area contributed by atoms with E-state index in [1.54, 1.807) is 4.90 Å².